The van der Waals surface area contributed by atoms with Crippen LogP contribution in [0, 0.1) is 13.8 Å². The minimum Gasteiger partial charge on any atom is -0.335 e. The summed E-state index contributed by atoms with van der Waals surface area (Å²) in [5.74, 6) is 0.430. The van der Waals surface area contributed by atoms with Gasteiger partial charge in [0.05, 0.1) is 0 Å². The third kappa shape index (κ3) is 3.89. The highest BCUT2D eigenvalue weighted by Gasteiger charge is 2.22. The minimum atomic E-state index is -0.0270. The van der Waals surface area contributed by atoms with Crippen molar-refractivity contribution in [3.63, 3.8) is 0 Å². The van der Waals surface area contributed by atoms with Crippen LogP contribution in [0.2, 0.25) is 0 Å². The molecule has 0 radical (unpaired) electrons. The van der Waals surface area contributed by atoms with Crippen molar-refractivity contribution in [2.45, 2.75) is 13.8 Å². The zero-order valence-corrected chi connectivity index (χ0v) is 14.4. The Morgan fingerprint density at radius 3 is 2.54 bits per heavy atom. The molecule has 24 heavy (non-hydrogen) atoms. The van der Waals surface area contributed by atoms with Crippen molar-refractivity contribution in [2.75, 3.05) is 38.5 Å². The van der Waals surface area contributed by atoms with Crippen molar-refractivity contribution < 1.29 is 4.79 Å². The fourth-order valence-corrected chi connectivity index (χ4v) is 2.76. The molecule has 6 heteroatoms. The number of rotatable bonds is 3. The Balaban J connectivity index is 1.79. The van der Waals surface area contributed by atoms with E-state index in [0.29, 0.717) is 11.6 Å². The summed E-state index contributed by atoms with van der Waals surface area (Å²) in [6, 6.07) is 9.74. The largest absolute Gasteiger partial charge is 0.335 e. The Kier molecular flexibility index (Phi) is 4.76. The normalized spacial score (nSPS) is 15.4. The maximum Gasteiger partial charge on any atom is 0.272 e. The number of carbonyl (C=O) groups is 1. The second-order valence-electron chi connectivity index (χ2n) is 6.31. The van der Waals surface area contributed by atoms with Gasteiger partial charge in [-0.05, 0) is 44.7 Å². The van der Waals surface area contributed by atoms with Gasteiger partial charge in [0, 0.05) is 37.6 Å². The number of aromatic nitrogens is 2. The van der Waals surface area contributed by atoms with Gasteiger partial charge in [0.1, 0.15) is 5.69 Å². The molecule has 126 valence electrons. The monoisotopic (exact) mass is 325 g/mol. The summed E-state index contributed by atoms with van der Waals surface area (Å²) >= 11 is 0. The molecule has 1 amide bonds. The lowest BCUT2D eigenvalue weighted by Crippen LogP contribution is -2.47. The van der Waals surface area contributed by atoms with Gasteiger partial charge in [-0.3, -0.25) is 4.79 Å². The Hall–Kier alpha value is -2.47. The molecule has 2 heterocycles. The predicted molar refractivity (Wildman–Crippen MR) is 94.6 cm³/mol. The highest BCUT2D eigenvalue weighted by atomic mass is 16.2. The predicted octanol–water partition coefficient (Wildman–Crippen LogP) is 2.22. The van der Waals surface area contributed by atoms with Crippen molar-refractivity contribution >= 4 is 17.5 Å². The van der Waals surface area contributed by atoms with Crippen LogP contribution < -0.4 is 5.32 Å². The van der Waals surface area contributed by atoms with Crippen LogP contribution in [0.4, 0.5) is 11.6 Å². The van der Waals surface area contributed by atoms with Gasteiger partial charge in [-0.15, -0.1) is 0 Å². The number of nitrogens with zero attached hydrogens (tertiary/aromatic N) is 4. The second-order valence-corrected chi connectivity index (χ2v) is 6.31. The van der Waals surface area contributed by atoms with Gasteiger partial charge in [0.15, 0.2) is 0 Å². The summed E-state index contributed by atoms with van der Waals surface area (Å²) in [7, 11) is 2.07. The van der Waals surface area contributed by atoms with Crippen LogP contribution in [0.25, 0.3) is 0 Å². The van der Waals surface area contributed by atoms with E-state index in [4.69, 9.17) is 0 Å². The maximum absolute atomic E-state index is 12.7. The molecule has 1 saturated heterocycles. The highest BCUT2D eigenvalue weighted by Crippen LogP contribution is 2.16. The third-order valence-electron chi connectivity index (χ3n) is 4.14. The van der Waals surface area contributed by atoms with E-state index in [2.05, 4.69) is 27.2 Å². The highest BCUT2D eigenvalue weighted by molar-refractivity contribution is 5.92. The summed E-state index contributed by atoms with van der Waals surface area (Å²) in [5.41, 5.74) is 3.29. The summed E-state index contributed by atoms with van der Waals surface area (Å²) < 4.78 is 0. The minimum absolute atomic E-state index is 0.0270. The van der Waals surface area contributed by atoms with Gasteiger partial charge in [0.2, 0.25) is 5.95 Å². The number of aryl methyl sites for hydroxylation is 2. The van der Waals surface area contributed by atoms with E-state index in [1.807, 2.05) is 43.0 Å². The van der Waals surface area contributed by atoms with Gasteiger partial charge in [-0.2, -0.15) is 0 Å². The third-order valence-corrected chi connectivity index (χ3v) is 4.14. The molecule has 0 aliphatic carbocycles. The second kappa shape index (κ2) is 6.97. The number of hydrogen-bond donors (Lipinski definition) is 1. The summed E-state index contributed by atoms with van der Waals surface area (Å²) in [4.78, 5) is 25.6. The van der Waals surface area contributed by atoms with Crippen molar-refractivity contribution in [2.24, 2.45) is 0 Å². The molecule has 3 rings (SSSR count). The van der Waals surface area contributed by atoms with E-state index in [1.54, 1.807) is 6.07 Å². The lowest BCUT2D eigenvalue weighted by Gasteiger charge is -2.32. The molecule has 0 spiro atoms. The van der Waals surface area contributed by atoms with E-state index in [9.17, 15) is 4.79 Å². The lowest BCUT2D eigenvalue weighted by molar-refractivity contribution is 0.0658. The number of benzene rings is 1. The van der Waals surface area contributed by atoms with E-state index < -0.39 is 0 Å². The topological polar surface area (TPSA) is 61.4 Å². The molecule has 1 aromatic heterocycles. The first-order chi connectivity index (χ1) is 11.5. The van der Waals surface area contributed by atoms with Crippen LogP contribution in [0.3, 0.4) is 0 Å². The molecule has 2 aromatic rings. The molecule has 0 unspecified atom stereocenters. The smallest absolute Gasteiger partial charge is 0.272 e. The first-order valence-electron chi connectivity index (χ1n) is 8.18. The molecule has 0 saturated carbocycles. The van der Waals surface area contributed by atoms with Gasteiger partial charge in [-0.1, -0.05) is 12.1 Å². The van der Waals surface area contributed by atoms with Crippen molar-refractivity contribution in [3.05, 3.63) is 47.3 Å². The van der Waals surface area contributed by atoms with Gasteiger partial charge < -0.3 is 15.1 Å². The van der Waals surface area contributed by atoms with E-state index >= 15 is 0 Å². The fraction of sp³-hybridized carbons (Fsp3) is 0.389. The number of piperazine rings is 1. The summed E-state index contributed by atoms with van der Waals surface area (Å²) in [6.07, 6.45) is 0. The van der Waals surface area contributed by atoms with Crippen LogP contribution in [-0.4, -0.2) is 58.9 Å². The van der Waals surface area contributed by atoms with Crippen molar-refractivity contribution in [1.82, 2.24) is 19.8 Å². The molecule has 0 bridgehead atoms. The number of likely N-dealkylation sites (N-methyl/N-ethyl adjacent to an activating group) is 1. The first kappa shape index (κ1) is 16.4. The van der Waals surface area contributed by atoms with Crippen molar-refractivity contribution in [1.29, 1.82) is 0 Å². The van der Waals surface area contributed by atoms with Gasteiger partial charge in [-0.25, -0.2) is 9.97 Å². The Bertz CT molecular complexity index is 738. The van der Waals surface area contributed by atoms with E-state index in [-0.39, 0.29) is 5.91 Å². The maximum atomic E-state index is 12.7. The number of carbonyl (C=O) groups excluding carboxylic acids is 1. The molecule has 0 atom stereocenters. The number of amides is 1. The quantitative estimate of drug-likeness (QED) is 0.937. The van der Waals surface area contributed by atoms with Crippen LogP contribution >= 0.6 is 0 Å². The zero-order chi connectivity index (χ0) is 17.1. The zero-order valence-electron chi connectivity index (χ0n) is 14.4. The molecule has 1 aliphatic heterocycles. The molecule has 6 nitrogen and oxygen atoms in total. The SMILES string of the molecule is Cc1cccc(Nc2nc(C)cc(C(=O)N3CCN(C)CC3)n2)c1. The standard InChI is InChI=1S/C18H23N5O/c1-13-5-4-6-15(11-13)20-18-19-14(2)12-16(21-18)17(24)23-9-7-22(3)8-10-23/h4-6,11-12H,7-10H2,1-3H3,(H,19,20,21). The first-order valence-corrected chi connectivity index (χ1v) is 8.18. The van der Waals surface area contributed by atoms with Crippen molar-refractivity contribution in [3.8, 4) is 0 Å². The number of nitrogens with one attached hydrogen (secondary N) is 1. The molecule has 1 aliphatic rings. The van der Waals surface area contributed by atoms with Gasteiger partial charge >= 0.3 is 0 Å². The molecular formula is C18H23N5O. The average Bonchev–Trinajstić information content (AvgIpc) is 2.54. The number of anilines is 2. The summed E-state index contributed by atoms with van der Waals surface area (Å²) in [6.45, 7) is 7.17. The Morgan fingerprint density at radius 1 is 1.08 bits per heavy atom. The fourth-order valence-electron chi connectivity index (χ4n) is 2.76. The average molecular weight is 325 g/mol. The Morgan fingerprint density at radius 2 is 1.83 bits per heavy atom. The van der Waals surface area contributed by atoms with E-state index in [1.165, 1.54) is 0 Å². The molecular weight excluding hydrogens is 302 g/mol. The van der Waals surface area contributed by atoms with Crippen LogP contribution in [0.5, 0.6) is 0 Å². The molecule has 1 fully saturated rings. The summed E-state index contributed by atoms with van der Waals surface area (Å²) in [5, 5.41) is 3.19. The molecule has 1 aromatic carbocycles. The Labute approximate surface area is 142 Å². The van der Waals surface area contributed by atoms with Crippen LogP contribution in [0.1, 0.15) is 21.7 Å². The molecule has 1 N–H and O–H groups in total. The van der Waals surface area contributed by atoms with E-state index in [0.717, 1.165) is 43.1 Å². The number of hydrogen-bond acceptors (Lipinski definition) is 5. The van der Waals surface area contributed by atoms with Gasteiger partial charge in [0.25, 0.3) is 5.91 Å². The van der Waals surface area contributed by atoms with Crippen LogP contribution in [-0.2, 0) is 0 Å². The van der Waals surface area contributed by atoms with Crippen LogP contribution in [0.15, 0.2) is 30.3 Å². The lowest BCUT2D eigenvalue weighted by atomic mass is 10.2.